The summed E-state index contributed by atoms with van der Waals surface area (Å²) in [6, 6.07) is -1.93. The number of carboxylic acids is 2. The van der Waals surface area contributed by atoms with Crippen LogP contribution in [0.1, 0.15) is 20.3 Å². The van der Waals surface area contributed by atoms with E-state index in [1.165, 1.54) is 4.90 Å². The van der Waals surface area contributed by atoms with Crippen LogP contribution in [0.5, 0.6) is 0 Å². The molecule has 1 rings (SSSR count). The minimum absolute atomic E-state index is 0.0822. The predicted molar refractivity (Wildman–Crippen MR) is 70.3 cm³/mol. The van der Waals surface area contributed by atoms with Crippen LogP contribution < -0.4 is 5.32 Å². The van der Waals surface area contributed by atoms with E-state index < -0.39 is 30.4 Å². The van der Waals surface area contributed by atoms with E-state index >= 15 is 0 Å². The van der Waals surface area contributed by atoms with Crippen molar-refractivity contribution in [1.29, 1.82) is 0 Å². The van der Waals surface area contributed by atoms with Crippen LogP contribution in [-0.2, 0) is 9.59 Å². The first kappa shape index (κ1) is 15.6. The molecular weight excluding hydrogens is 272 g/mol. The van der Waals surface area contributed by atoms with Gasteiger partial charge in [-0.25, -0.2) is 9.59 Å². The number of nitrogens with zero attached hydrogens (tertiary/aromatic N) is 1. The smallest absolute Gasteiger partial charge is 0.326 e. The van der Waals surface area contributed by atoms with Gasteiger partial charge in [-0.2, -0.15) is 11.8 Å². The maximum Gasteiger partial charge on any atom is 0.326 e. The number of carbonyl (C=O) groups is 3. The molecule has 0 aromatic heterocycles. The van der Waals surface area contributed by atoms with Crippen molar-refractivity contribution >= 4 is 29.7 Å². The maximum atomic E-state index is 11.9. The number of carbonyl (C=O) groups excluding carboxylic acids is 1. The average molecular weight is 290 g/mol. The highest BCUT2D eigenvalue weighted by atomic mass is 32.2. The third-order valence-electron chi connectivity index (χ3n) is 2.69. The largest absolute Gasteiger partial charge is 0.481 e. The molecule has 1 aliphatic rings. The summed E-state index contributed by atoms with van der Waals surface area (Å²) in [7, 11) is 0. The van der Waals surface area contributed by atoms with Gasteiger partial charge in [-0.15, -0.1) is 0 Å². The SMILES string of the molecule is CC1(C)CN(C(=O)NC(CC(=O)O)C(=O)O)CCS1. The fourth-order valence-electron chi connectivity index (χ4n) is 1.80. The molecule has 3 N–H and O–H groups in total. The van der Waals surface area contributed by atoms with E-state index in [1.54, 1.807) is 11.8 Å². The Morgan fingerprint density at radius 1 is 1.37 bits per heavy atom. The van der Waals surface area contributed by atoms with Gasteiger partial charge < -0.3 is 20.4 Å². The Labute approximate surface area is 115 Å². The number of carboxylic acid groups (broad SMARTS) is 2. The van der Waals surface area contributed by atoms with Crippen LogP contribution in [0.2, 0.25) is 0 Å². The second-order valence-corrected chi connectivity index (χ2v) is 6.77. The van der Waals surface area contributed by atoms with Crippen LogP contribution in [0.25, 0.3) is 0 Å². The van der Waals surface area contributed by atoms with E-state index in [4.69, 9.17) is 10.2 Å². The fourth-order valence-corrected chi connectivity index (χ4v) is 2.92. The molecule has 0 spiro atoms. The second kappa shape index (κ2) is 6.14. The van der Waals surface area contributed by atoms with Crippen LogP contribution in [0.3, 0.4) is 0 Å². The zero-order valence-electron chi connectivity index (χ0n) is 10.9. The van der Waals surface area contributed by atoms with Crippen LogP contribution in [-0.4, -0.2) is 62.7 Å². The van der Waals surface area contributed by atoms with Crippen molar-refractivity contribution in [2.75, 3.05) is 18.8 Å². The monoisotopic (exact) mass is 290 g/mol. The van der Waals surface area contributed by atoms with Crippen molar-refractivity contribution in [3.8, 4) is 0 Å². The molecule has 0 radical (unpaired) electrons. The third-order valence-corrected chi connectivity index (χ3v) is 3.98. The molecule has 0 aliphatic carbocycles. The molecule has 1 aliphatic heterocycles. The van der Waals surface area contributed by atoms with Crippen LogP contribution >= 0.6 is 11.8 Å². The molecule has 0 bridgehead atoms. The number of urea groups is 1. The van der Waals surface area contributed by atoms with E-state index in [-0.39, 0.29) is 4.75 Å². The number of aliphatic carboxylic acids is 2. The van der Waals surface area contributed by atoms with Crippen molar-refractivity contribution in [2.24, 2.45) is 0 Å². The van der Waals surface area contributed by atoms with Crippen LogP contribution in [0, 0.1) is 0 Å². The number of amides is 2. The van der Waals surface area contributed by atoms with E-state index in [9.17, 15) is 14.4 Å². The lowest BCUT2D eigenvalue weighted by Crippen LogP contribution is -2.54. The first-order valence-corrected chi connectivity index (χ1v) is 6.84. The number of hydrogen-bond donors (Lipinski definition) is 3. The zero-order chi connectivity index (χ0) is 14.6. The van der Waals surface area contributed by atoms with Crippen molar-refractivity contribution in [1.82, 2.24) is 10.2 Å². The Balaban J connectivity index is 2.61. The molecule has 1 heterocycles. The second-order valence-electron chi connectivity index (χ2n) is 4.97. The molecular formula is C11H18N2O5S. The Morgan fingerprint density at radius 3 is 2.47 bits per heavy atom. The summed E-state index contributed by atoms with van der Waals surface area (Å²) in [5, 5.41) is 19.7. The maximum absolute atomic E-state index is 11.9. The van der Waals surface area contributed by atoms with E-state index in [2.05, 4.69) is 5.32 Å². The van der Waals surface area contributed by atoms with Gasteiger partial charge in [0.15, 0.2) is 0 Å². The van der Waals surface area contributed by atoms with Crippen molar-refractivity contribution in [2.45, 2.75) is 31.1 Å². The molecule has 7 nitrogen and oxygen atoms in total. The lowest BCUT2D eigenvalue weighted by atomic mass is 10.2. The van der Waals surface area contributed by atoms with Gasteiger partial charge in [0.05, 0.1) is 6.42 Å². The summed E-state index contributed by atoms with van der Waals surface area (Å²) < 4.78 is -0.0822. The van der Waals surface area contributed by atoms with Gasteiger partial charge in [-0.1, -0.05) is 0 Å². The summed E-state index contributed by atoms with van der Waals surface area (Å²) in [6.07, 6.45) is -0.632. The zero-order valence-corrected chi connectivity index (χ0v) is 11.7. The molecule has 8 heteroatoms. The average Bonchev–Trinajstić information content (AvgIpc) is 2.25. The molecule has 2 amide bonds. The molecule has 0 aromatic rings. The molecule has 1 atom stereocenters. The van der Waals surface area contributed by atoms with Crippen molar-refractivity contribution in [3.63, 3.8) is 0 Å². The Kier molecular flexibility index (Phi) is 5.04. The normalized spacial score (nSPS) is 19.6. The Hall–Kier alpha value is -1.44. The first-order valence-electron chi connectivity index (χ1n) is 5.85. The highest BCUT2D eigenvalue weighted by molar-refractivity contribution is 8.00. The van der Waals surface area contributed by atoms with Gasteiger partial charge in [0.1, 0.15) is 6.04 Å². The summed E-state index contributed by atoms with van der Waals surface area (Å²) in [6.45, 7) is 5.04. The molecule has 1 unspecified atom stereocenters. The lowest BCUT2D eigenvalue weighted by Gasteiger charge is -2.37. The Morgan fingerprint density at radius 2 is 2.00 bits per heavy atom. The minimum atomic E-state index is -1.40. The molecule has 19 heavy (non-hydrogen) atoms. The number of hydrogen-bond acceptors (Lipinski definition) is 4. The lowest BCUT2D eigenvalue weighted by molar-refractivity contribution is -0.145. The minimum Gasteiger partial charge on any atom is -0.481 e. The number of nitrogens with one attached hydrogen (secondary N) is 1. The van der Waals surface area contributed by atoms with Crippen LogP contribution in [0.4, 0.5) is 4.79 Å². The summed E-state index contributed by atoms with van der Waals surface area (Å²) in [5.41, 5.74) is 0. The van der Waals surface area contributed by atoms with Gasteiger partial charge in [-0.3, -0.25) is 4.79 Å². The Bertz CT molecular complexity index is 385. The highest BCUT2D eigenvalue weighted by Crippen LogP contribution is 2.29. The fraction of sp³-hybridized carbons (Fsp3) is 0.727. The summed E-state index contributed by atoms with van der Waals surface area (Å²) >= 11 is 1.75. The van der Waals surface area contributed by atoms with Gasteiger partial charge in [-0.05, 0) is 13.8 Å². The van der Waals surface area contributed by atoms with Crippen LogP contribution in [0.15, 0.2) is 0 Å². The number of rotatable bonds is 4. The van der Waals surface area contributed by atoms with Crippen molar-refractivity contribution in [3.05, 3.63) is 0 Å². The predicted octanol–water partition coefficient (Wildman–Crippen LogP) is 0.451. The summed E-state index contributed by atoms with van der Waals surface area (Å²) in [5.74, 6) is -1.83. The van der Waals surface area contributed by atoms with Crippen molar-refractivity contribution < 1.29 is 24.6 Å². The van der Waals surface area contributed by atoms with Gasteiger partial charge >= 0.3 is 18.0 Å². The van der Waals surface area contributed by atoms with Gasteiger partial charge in [0.2, 0.25) is 0 Å². The molecule has 0 aromatic carbocycles. The standard InChI is InChI=1S/C11H18N2O5S/c1-11(2)6-13(3-4-19-11)10(18)12-7(9(16)17)5-8(14)15/h7H,3-6H2,1-2H3,(H,12,18)(H,14,15)(H,16,17). The molecule has 0 saturated carbocycles. The van der Waals surface area contributed by atoms with Gasteiger partial charge in [0, 0.05) is 23.6 Å². The third kappa shape index (κ3) is 4.98. The van der Waals surface area contributed by atoms with Gasteiger partial charge in [0.25, 0.3) is 0 Å². The van der Waals surface area contributed by atoms with E-state index in [1.807, 2.05) is 13.8 Å². The quantitative estimate of drug-likeness (QED) is 0.694. The number of thioether (sulfide) groups is 1. The molecule has 1 fully saturated rings. The topological polar surface area (TPSA) is 107 Å². The molecule has 108 valence electrons. The molecule has 1 saturated heterocycles. The first-order chi connectivity index (χ1) is 8.71. The highest BCUT2D eigenvalue weighted by Gasteiger charge is 2.32. The van der Waals surface area contributed by atoms with E-state index in [0.717, 1.165) is 5.75 Å². The van der Waals surface area contributed by atoms with E-state index in [0.29, 0.717) is 13.1 Å². The summed E-state index contributed by atoms with van der Waals surface area (Å²) in [4.78, 5) is 34.9.